The summed E-state index contributed by atoms with van der Waals surface area (Å²) in [6.07, 6.45) is 4.44. The van der Waals surface area contributed by atoms with Crippen LogP contribution in [-0.4, -0.2) is 0 Å². The third kappa shape index (κ3) is 3.15. The molecule has 0 nitrogen and oxygen atoms in total. The summed E-state index contributed by atoms with van der Waals surface area (Å²) in [7, 11) is 0. The minimum Gasteiger partial charge on any atom is -0.206 e. The molecule has 0 bridgehead atoms. The lowest BCUT2D eigenvalue weighted by atomic mass is 9.79. The van der Waals surface area contributed by atoms with Crippen molar-refractivity contribution in [2.24, 2.45) is 5.92 Å². The Morgan fingerprint density at radius 2 is 1.48 bits per heavy atom. The second kappa shape index (κ2) is 6.38. The number of halogens is 3. The Hall–Kier alpha value is -1.77. The summed E-state index contributed by atoms with van der Waals surface area (Å²) < 4.78 is 42.3. The van der Waals surface area contributed by atoms with Crippen molar-refractivity contribution < 1.29 is 13.2 Å². The summed E-state index contributed by atoms with van der Waals surface area (Å²) in [6, 6.07) is 7.84. The van der Waals surface area contributed by atoms with Gasteiger partial charge >= 0.3 is 0 Å². The zero-order valence-electron chi connectivity index (χ0n) is 13.5. The van der Waals surface area contributed by atoms with Crippen LogP contribution in [0.3, 0.4) is 0 Å². The summed E-state index contributed by atoms with van der Waals surface area (Å²) in [5.41, 5.74) is 1.29. The van der Waals surface area contributed by atoms with Gasteiger partial charge in [0.25, 0.3) is 0 Å². The molecule has 1 aliphatic carbocycles. The summed E-state index contributed by atoms with van der Waals surface area (Å²) in [4.78, 5) is 0. The minimum atomic E-state index is -0.983. The van der Waals surface area contributed by atoms with Gasteiger partial charge in [0.1, 0.15) is 5.82 Å². The molecule has 3 rings (SSSR count). The predicted octanol–water partition coefficient (Wildman–Crippen LogP) is 6.37. The van der Waals surface area contributed by atoms with E-state index in [0.717, 1.165) is 37.2 Å². The van der Waals surface area contributed by atoms with Crippen molar-refractivity contribution in [1.29, 1.82) is 0 Å². The van der Waals surface area contributed by atoms with Crippen LogP contribution in [0.4, 0.5) is 13.2 Å². The zero-order valence-corrected chi connectivity index (χ0v) is 13.5. The number of hydrogen-bond acceptors (Lipinski definition) is 0. The van der Waals surface area contributed by atoms with E-state index in [1.54, 1.807) is 6.07 Å². The van der Waals surface area contributed by atoms with Crippen LogP contribution in [0.1, 0.15) is 49.7 Å². The Labute approximate surface area is 135 Å². The number of hydrogen-bond donors (Lipinski definition) is 0. The Kier molecular flexibility index (Phi) is 4.47. The van der Waals surface area contributed by atoms with Gasteiger partial charge in [-0.1, -0.05) is 44.0 Å². The van der Waals surface area contributed by atoms with E-state index in [1.807, 2.05) is 6.07 Å². The molecule has 0 unspecified atom stereocenters. The van der Waals surface area contributed by atoms with Crippen LogP contribution in [0.5, 0.6) is 0 Å². The van der Waals surface area contributed by atoms with Gasteiger partial charge in [0, 0.05) is 11.1 Å². The highest BCUT2D eigenvalue weighted by Gasteiger charge is 2.21. The lowest BCUT2D eigenvalue weighted by Gasteiger charge is -2.26. The third-order valence-corrected chi connectivity index (χ3v) is 5.05. The molecule has 2 aromatic carbocycles. The molecule has 122 valence electrons. The molecule has 1 fully saturated rings. The standard InChI is InChI=1S/C20H21F3/c1-12-3-6-14(7-4-12)15-8-10-16(18(21)11-15)17-9-5-13(2)19(22)20(17)23/h5,8-12,14H,3-4,6-7H2,1-2H3. The normalized spacial score (nSPS) is 21.4. The maximum atomic E-state index is 14.5. The van der Waals surface area contributed by atoms with E-state index in [4.69, 9.17) is 0 Å². The van der Waals surface area contributed by atoms with Gasteiger partial charge in [-0.2, -0.15) is 0 Å². The number of rotatable bonds is 2. The highest BCUT2D eigenvalue weighted by atomic mass is 19.2. The van der Waals surface area contributed by atoms with E-state index >= 15 is 0 Å². The molecule has 3 heteroatoms. The zero-order chi connectivity index (χ0) is 16.6. The number of aryl methyl sites for hydroxylation is 1. The van der Waals surface area contributed by atoms with Crippen LogP contribution in [0.15, 0.2) is 30.3 Å². The molecule has 0 aliphatic heterocycles. The summed E-state index contributed by atoms with van der Waals surface area (Å²) in [5.74, 6) is -1.27. The van der Waals surface area contributed by atoms with E-state index in [-0.39, 0.29) is 16.7 Å². The van der Waals surface area contributed by atoms with Gasteiger partial charge in [-0.25, -0.2) is 13.2 Å². The van der Waals surface area contributed by atoms with Gasteiger partial charge in [-0.15, -0.1) is 0 Å². The lowest BCUT2D eigenvalue weighted by Crippen LogP contribution is -2.11. The quantitative estimate of drug-likeness (QED) is 0.603. The van der Waals surface area contributed by atoms with Crippen LogP contribution < -0.4 is 0 Å². The first-order valence-corrected chi connectivity index (χ1v) is 8.21. The van der Waals surface area contributed by atoms with Crippen LogP contribution in [-0.2, 0) is 0 Å². The molecule has 0 heterocycles. The fraction of sp³-hybridized carbons (Fsp3) is 0.400. The van der Waals surface area contributed by atoms with Gasteiger partial charge in [0.2, 0.25) is 0 Å². The van der Waals surface area contributed by atoms with Crippen LogP contribution in [0.25, 0.3) is 11.1 Å². The highest BCUT2D eigenvalue weighted by molar-refractivity contribution is 5.66. The Morgan fingerprint density at radius 3 is 2.13 bits per heavy atom. The molecule has 0 spiro atoms. The van der Waals surface area contributed by atoms with E-state index in [0.29, 0.717) is 5.92 Å². The Bertz CT molecular complexity index is 713. The van der Waals surface area contributed by atoms with Crippen LogP contribution in [0, 0.1) is 30.3 Å². The Balaban J connectivity index is 1.93. The molecule has 2 aromatic rings. The van der Waals surface area contributed by atoms with Crippen molar-refractivity contribution in [3.8, 4) is 11.1 Å². The second-order valence-electron chi connectivity index (χ2n) is 6.75. The van der Waals surface area contributed by atoms with E-state index in [1.165, 1.54) is 25.1 Å². The third-order valence-electron chi connectivity index (χ3n) is 5.05. The maximum Gasteiger partial charge on any atom is 0.167 e. The average Bonchev–Trinajstić information content (AvgIpc) is 2.54. The average molecular weight is 318 g/mol. The maximum absolute atomic E-state index is 14.5. The summed E-state index contributed by atoms with van der Waals surface area (Å²) in [6.45, 7) is 3.74. The minimum absolute atomic E-state index is 0.0191. The molecule has 0 saturated heterocycles. The van der Waals surface area contributed by atoms with Crippen molar-refractivity contribution in [2.45, 2.75) is 45.4 Å². The Morgan fingerprint density at radius 1 is 0.826 bits per heavy atom. The van der Waals surface area contributed by atoms with E-state index < -0.39 is 17.5 Å². The number of benzene rings is 2. The van der Waals surface area contributed by atoms with E-state index in [2.05, 4.69) is 6.92 Å². The molecule has 0 N–H and O–H groups in total. The second-order valence-corrected chi connectivity index (χ2v) is 6.75. The molecule has 0 atom stereocenters. The predicted molar refractivity (Wildman–Crippen MR) is 86.9 cm³/mol. The van der Waals surface area contributed by atoms with E-state index in [9.17, 15) is 13.2 Å². The van der Waals surface area contributed by atoms with Crippen LogP contribution >= 0.6 is 0 Å². The lowest BCUT2D eigenvalue weighted by molar-refractivity contribution is 0.347. The molecule has 0 radical (unpaired) electrons. The first-order chi connectivity index (χ1) is 11.0. The van der Waals surface area contributed by atoms with Crippen LogP contribution in [0.2, 0.25) is 0 Å². The van der Waals surface area contributed by atoms with Gasteiger partial charge in [0.05, 0.1) is 0 Å². The molecule has 1 saturated carbocycles. The van der Waals surface area contributed by atoms with Crippen molar-refractivity contribution >= 4 is 0 Å². The molecular weight excluding hydrogens is 297 g/mol. The van der Waals surface area contributed by atoms with Crippen molar-refractivity contribution in [1.82, 2.24) is 0 Å². The molecule has 0 aromatic heterocycles. The molecular formula is C20H21F3. The van der Waals surface area contributed by atoms with Gasteiger partial charge in [0.15, 0.2) is 11.6 Å². The smallest absolute Gasteiger partial charge is 0.167 e. The first kappa shape index (κ1) is 16.1. The highest BCUT2D eigenvalue weighted by Crippen LogP contribution is 2.37. The largest absolute Gasteiger partial charge is 0.206 e. The SMILES string of the molecule is Cc1ccc(-c2ccc(C3CCC(C)CC3)cc2F)c(F)c1F. The van der Waals surface area contributed by atoms with Crippen molar-refractivity contribution in [3.63, 3.8) is 0 Å². The molecule has 23 heavy (non-hydrogen) atoms. The van der Waals surface area contributed by atoms with Crippen molar-refractivity contribution in [3.05, 3.63) is 58.9 Å². The fourth-order valence-corrected chi connectivity index (χ4v) is 3.45. The topological polar surface area (TPSA) is 0 Å². The van der Waals surface area contributed by atoms with Crippen molar-refractivity contribution in [2.75, 3.05) is 0 Å². The summed E-state index contributed by atoms with van der Waals surface area (Å²) >= 11 is 0. The molecule has 0 amide bonds. The summed E-state index contributed by atoms with van der Waals surface area (Å²) in [5, 5.41) is 0. The van der Waals surface area contributed by atoms with Gasteiger partial charge in [-0.05, 0) is 48.8 Å². The molecule has 1 aliphatic rings. The first-order valence-electron chi connectivity index (χ1n) is 8.21. The fourth-order valence-electron chi connectivity index (χ4n) is 3.45. The van der Waals surface area contributed by atoms with Gasteiger partial charge < -0.3 is 0 Å². The van der Waals surface area contributed by atoms with Gasteiger partial charge in [-0.3, -0.25) is 0 Å². The monoisotopic (exact) mass is 318 g/mol.